The van der Waals surface area contributed by atoms with Gasteiger partial charge in [-0.15, -0.1) is 0 Å². The summed E-state index contributed by atoms with van der Waals surface area (Å²) in [6.45, 7) is 0. The predicted molar refractivity (Wildman–Crippen MR) is 75.8 cm³/mol. The molecule has 5 heteroatoms. The predicted octanol–water partition coefficient (Wildman–Crippen LogP) is 1.99. The van der Waals surface area contributed by atoms with Gasteiger partial charge in [0.15, 0.2) is 0 Å². The Hall–Kier alpha value is -1.14. The Morgan fingerprint density at radius 2 is 1.33 bits per heavy atom. The van der Waals surface area contributed by atoms with Gasteiger partial charge in [0.05, 0.1) is 0 Å². The summed E-state index contributed by atoms with van der Waals surface area (Å²) in [6, 6.07) is 18.8. The smallest absolute Gasteiger partial charge is 0.402 e. The summed E-state index contributed by atoms with van der Waals surface area (Å²) in [5, 5.41) is 21.5. The maximum Gasteiger partial charge on any atom is 0.631 e. The first kappa shape index (κ1) is 14.9. The Morgan fingerprint density at radius 1 is 0.833 bits per heavy atom. The third-order valence-electron chi connectivity index (χ3n) is 2.20. The Morgan fingerprint density at radius 3 is 1.89 bits per heavy atom. The Balaban J connectivity index is 0.000000357. The highest BCUT2D eigenvalue weighted by Crippen LogP contribution is 2.19. The van der Waals surface area contributed by atoms with Crippen LogP contribution >= 0.6 is 15.9 Å². The molecule has 2 aromatic carbocycles. The quantitative estimate of drug-likeness (QED) is 0.744. The van der Waals surface area contributed by atoms with E-state index in [0.717, 1.165) is 6.42 Å². The Labute approximate surface area is 115 Å². The van der Waals surface area contributed by atoms with E-state index in [0.29, 0.717) is 0 Å². The van der Waals surface area contributed by atoms with Gasteiger partial charge >= 0.3 is 7.32 Å². The average molecular weight is 309 g/mol. The van der Waals surface area contributed by atoms with Crippen molar-refractivity contribution in [2.75, 3.05) is 0 Å². The molecule has 0 bridgehead atoms. The molecule has 2 aromatic rings. The van der Waals surface area contributed by atoms with E-state index in [-0.39, 0.29) is 0 Å². The van der Waals surface area contributed by atoms with Crippen LogP contribution in [0.2, 0.25) is 0 Å². The molecule has 0 heterocycles. The second-order valence-electron chi connectivity index (χ2n) is 3.60. The second kappa shape index (κ2) is 8.05. The highest BCUT2D eigenvalue weighted by atomic mass is 79.9. The molecule has 0 saturated carbocycles. The maximum absolute atomic E-state index is 7.17. The molecule has 2 rings (SSSR count). The topological polar surface area (TPSA) is 60.7 Å². The fourth-order valence-corrected chi connectivity index (χ4v) is 1.88. The number of rotatable bonds is 2. The Kier molecular flexibility index (Phi) is 6.68. The average Bonchev–Trinajstić information content (AvgIpc) is 2.33. The van der Waals surface area contributed by atoms with Crippen molar-refractivity contribution in [1.82, 2.24) is 0 Å². The first-order valence-electron chi connectivity index (χ1n) is 5.41. The summed E-state index contributed by atoms with van der Waals surface area (Å²) in [5.41, 5.74) is 2.68. The van der Waals surface area contributed by atoms with Crippen LogP contribution in [0.3, 0.4) is 0 Å². The van der Waals surface area contributed by atoms with Crippen LogP contribution in [-0.4, -0.2) is 22.4 Å². The summed E-state index contributed by atoms with van der Waals surface area (Å²) >= 11 is 3.55. The number of hydrogen-bond acceptors (Lipinski definition) is 3. The minimum Gasteiger partial charge on any atom is -0.402 e. The van der Waals surface area contributed by atoms with Crippen molar-refractivity contribution in [2.45, 2.75) is 6.42 Å². The molecular formula is C13H14BBrO3. The minimum atomic E-state index is -2.17. The van der Waals surface area contributed by atoms with Crippen molar-refractivity contribution in [2.24, 2.45) is 0 Å². The molecule has 3 nitrogen and oxygen atoms in total. The molecule has 94 valence electrons. The zero-order valence-corrected chi connectivity index (χ0v) is 11.3. The fourth-order valence-electron chi connectivity index (χ4n) is 1.46. The fraction of sp³-hybridized carbons (Fsp3) is 0.0769. The zero-order valence-electron chi connectivity index (χ0n) is 9.70. The van der Waals surface area contributed by atoms with Crippen LogP contribution in [-0.2, 0) is 6.42 Å². The van der Waals surface area contributed by atoms with Crippen LogP contribution in [0.15, 0.2) is 59.1 Å². The van der Waals surface area contributed by atoms with Crippen LogP contribution in [0.4, 0.5) is 0 Å². The van der Waals surface area contributed by atoms with Gasteiger partial charge in [0.1, 0.15) is 0 Å². The number of benzene rings is 2. The maximum atomic E-state index is 7.17. The van der Waals surface area contributed by atoms with Gasteiger partial charge in [-0.25, -0.2) is 0 Å². The molecule has 0 aliphatic rings. The highest BCUT2D eigenvalue weighted by molar-refractivity contribution is 9.10. The van der Waals surface area contributed by atoms with Gasteiger partial charge in [0, 0.05) is 4.47 Å². The van der Waals surface area contributed by atoms with Crippen molar-refractivity contribution in [1.29, 1.82) is 0 Å². The van der Waals surface area contributed by atoms with Crippen molar-refractivity contribution >= 4 is 23.3 Å². The molecule has 0 amide bonds. The highest BCUT2D eigenvalue weighted by Gasteiger charge is 1.98. The summed E-state index contributed by atoms with van der Waals surface area (Å²) in [5.74, 6) is 0. The summed E-state index contributed by atoms with van der Waals surface area (Å²) in [7, 11) is -2.17. The van der Waals surface area contributed by atoms with E-state index in [9.17, 15) is 0 Å². The van der Waals surface area contributed by atoms with E-state index < -0.39 is 7.32 Å². The van der Waals surface area contributed by atoms with Gasteiger partial charge in [-0.05, 0) is 23.6 Å². The molecule has 0 aliphatic heterocycles. The normalized spacial score (nSPS) is 9.33. The van der Waals surface area contributed by atoms with E-state index in [1.807, 2.05) is 12.1 Å². The first-order valence-corrected chi connectivity index (χ1v) is 6.20. The van der Waals surface area contributed by atoms with Crippen LogP contribution < -0.4 is 0 Å². The molecule has 0 fully saturated rings. The van der Waals surface area contributed by atoms with Gasteiger partial charge in [0.25, 0.3) is 0 Å². The minimum absolute atomic E-state index is 0.988. The van der Waals surface area contributed by atoms with Crippen LogP contribution in [0.25, 0.3) is 0 Å². The third kappa shape index (κ3) is 5.98. The van der Waals surface area contributed by atoms with Crippen molar-refractivity contribution in [3.63, 3.8) is 0 Å². The Bertz CT molecular complexity index is 460. The van der Waals surface area contributed by atoms with Gasteiger partial charge < -0.3 is 15.1 Å². The standard InChI is InChI=1S/C13H11Br.BH3O3/c14-13-9-5-4-8-12(13)10-11-6-2-1-3-7-11;2-1(3)4/h1-9H,10H2;2-4H. The van der Waals surface area contributed by atoms with Gasteiger partial charge in [-0.1, -0.05) is 64.5 Å². The van der Waals surface area contributed by atoms with Crippen molar-refractivity contribution < 1.29 is 15.1 Å². The zero-order chi connectivity index (χ0) is 13.4. The molecule has 0 unspecified atom stereocenters. The number of halogens is 1. The molecule has 0 radical (unpaired) electrons. The van der Waals surface area contributed by atoms with E-state index >= 15 is 0 Å². The van der Waals surface area contributed by atoms with E-state index in [4.69, 9.17) is 15.1 Å². The molecule has 0 atom stereocenters. The lowest BCUT2D eigenvalue weighted by molar-refractivity contribution is 0.278. The van der Waals surface area contributed by atoms with Crippen molar-refractivity contribution in [3.8, 4) is 0 Å². The molecular weight excluding hydrogens is 295 g/mol. The molecule has 0 saturated heterocycles. The van der Waals surface area contributed by atoms with E-state index in [2.05, 4.69) is 58.4 Å². The van der Waals surface area contributed by atoms with Gasteiger partial charge in [-0.2, -0.15) is 0 Å². The molecule has 0 aliphatic carbocycles. The second-order valence-corrected chi connectivity index (χ2v) is 4.45. The largest absolute Gasteiger partial charge is 0.631 e. The lowest BCUT2D eigenvalue weighted by atomic mass is 10.1. The molecule has 0 spiro atoms. The lowest BCUT2D eigenvalue weighted by Crippen LogP contribution is -2.07. The van der Waals surface area contributed by atoms with Crippen LogP contribution in [0.1, 0.15) is 11.1 Å². The first-order chi connectivity index (χ1) is 8.59. The summed E-state index contributed by atoms with van der Waals surface area (Å²) in [6.07, 6.45) is 0.988. The van der Waals surface area contributed by atoms with E-state index in [1.54, 1.807) is 0 Å². The van der Waals surface area contributed by atoms with Gasteiger partial charge in [-0.3, -0.25) is 0 Å². The number of hydrogen-bond donors (Lipinski definition) is 3. The molecule has 18 heavy (non-hydrogen) atoms. The summed E-state index contributed by atoms with van der Waals surface area (Å²) < 4.78 is 1.18. The molecule has 0 aromatic heterocycles. The van der Waals surface area contributed by atoms with Crippen molar-refractivity contribution in [3.05, 3.63) is 70.2 Å². The van der Waals surface area contributed by atoms with Crippen LogP contribution in [0.5, 0.6) is 0 Å². The van der Waals surface area contributed by atoms with E-state index in [1.165, 1.54) is 15.6 Å². The lowest BCUT2D eigenvalue weighted by Gasteiger charge is -2.03. The third-order valence-corrected chi connectivity index (χ3v) is 2.97. The SMILES string of the molecule is Brc1ccccc1Cc1ccccc1.OB(O)O. The van der Waals surface area contributed by atoms with Crippen LogP contribution in [0, 0.1) is 0 Å². The molecule has 3 N–H and O–H groups in total. The summed E-state index contributed by atoms with van der Waals surface area (Å²) in [4.78, 5) is 0. The monoisotopic (exact) mass is 308 g/mol. The van der Waals surface area contributed by atoms with Gasteiger partial charge in [0.2, 0.25) is 0 Å².